The van der Waals surface area contributed by atoms with Gasteiger partial charge in [0.1, 0.15) is 6.10 Å². The van der Waals surface area contributed by atoms with Crippen molar-refractivity contribution >= 4 is 15.9 Å². The molecule has 3 rings (SSSR count). The number of aryl methyl sites for hydroxylation is 1. The van der Waals surface area contributed by atoms with Gasteiger partial charge in [0.15, 0.2) is 5.82 Å². The lowest BCUT2D eigenvalue weighted by Gasteiger charge is -2.14. The van der Waals surface area contributed by atoms with Crippen LogP contribution in [-0.2, 0) is 0 Å². The van der Waals surface area contributed by atoms with E-state index in [4.69, 9.17) is 0 Å². The molecule has 1 aliphatic heterocycles. The minimum Gasteiger partial charge on any atom is -0.385 e. The van der Waals surface area contributed by atoms with Crippen LogP contribution in [0, 0.1) is 6.92 Å². The second kappa shape index (κ2) is 3.92. The van der Waals surface area contributed by atoms with Crippen LogP contribution in [0.1, 0.15) is 35.5 Å². The quantitative estimate of drug-likeness (QED) is 0.878. The van der Waals surface area contributed by atoms with Gasteiger partial charge in [0, 0.05) is 6.42 Å². The van der Waals surface area contributed by atoms with Crippen LogP contribution in [0.15, 0.2) is 29.0 Å². The molecule has 5 heteroatoms. The van der Waals surface area contributed by atoms with Gasteiger partial charge in [-0.25, -0.2) is 9.67 Å². The highest BCUT2D eigenvalue weighted by atomic mass is 79.9. The molecular weight excluding hydrogens is 282 g/mol. The van der Waals surface area contributed by atoms with Crippen LogP contribution in [0.25, 0.3) is 0 Å². The Morgan fingerprint density at radius 1 is 1.41 bits per heavy atom. The first kappa shape index (κ1) is 10.9. The summed E-state index contributed by atoms with van der Waals surface area (Å²) in [7, 11) is 0. The van der Waals surface area contributed by atoms with Crippen LogP contribution in [-0.4, -0.2) is 19.9 Å². The predicted molar refractivity (Wildman–Crippen MR) is 66.6 cm³/mol. The predicted octanol–water partition coefficient (Wildman–Crippen LogP) is 2.38. The van der Waals surface area contributed by atoms with Crippen LogP contribution in [0.3, 0.4) is 0 Å². The van der Waals surface area contributed by atoms with E-state index in [2.05, 4.69) is 45.1 Å². The third-order valence-corrected chi connectivity index (χ3v) is 3.55. The minimum absolute atomic E-state index is 0.0833. The van der Waals surface area contributed by atoms with E-state index in [9.17, 15) is 5.11 Å². The molecule has 1 aliphatic rings. The van der Waals surface area contributed by atoms with Crippen molar-refractivity contribution in [2.24, 2.45) is 0 Å². The van der Waals surface area contributed by atoms with Gasteiger partial charge in [0.25, 0.3) is 0 Å². The van der Waals surface area contributed by atoms with E-state index >= 15 is 0 Å². The Morgan fingerprint density at radius 2 is 2.18 bits per heavy atom. The number of aliphatic hydroxyl groups is 1. The van der Waals surface area contributed by atoms with E-state index in [-0.39, 0.29) is 6.04 Å². The second-order valence-electron chi connectivity index (χ2n) is 4.31. The maximum Gasteiger partial charge on any atom is 0.217 e. The monoisotopic (exact) mass is 293 g/mol. The van der Waals surface area contributed by atoms with Crippen molar-refractivity contribution in [2.75, 3.05) is 0 Å². The second-order valence-corrected chi connectivity index (χ2v) is 5.02. The molecule has 17 heavy (non-hydrogen) atoms. The Balaban J connectivity index is 2.10. The van der Waals surface area contributed by atoms with E-state index in [1.165, 1.54) is 11.1 Å². The number of rotatable bonds is 1. The molecule has 0 spiro atoms. The van der Waals surface area contributed by atoms with Crippen molar-refractivity contribution in [3.63, 3.8) is 0 Å². The first-order valence-corrected chi connectivity index (χ1v) is 6.31. The molecule has 1 N–H and O–H groups in total. The van der Waals surface area contributed by atoms with Gasteiger partial charge in [-0.05, 0) is 34.0 Å². The van der Waals surface area contributed by atoms with Gasteiger partial charge >= 0.3 is 0 Å². The molecule has 4 nitrogen and oxygen atoms in total. The Morgan fingerprint density at radius 3 is 2.94 bits per heavy atom. The molecule has 0 bridgehead atoms. The summed E-state index contributed by atoms with van der Waals surface area (Å²) in [5.41, 5.74) is 2.41. The van der Waals surface area contributed by atoms with Crippen molar-refractivity contribution < 1.29 is 5.11 Å². The zero-order chi connectivity index (χ0) is 12.0. The Hall–Kier alpha value is -1.20. The molecule has 88 valence electrons. The highest BCUT2D eigenvalue weighted by Crippen LogP contribution is 2.38. The van der Waals surface area contributed by atoms with Crippen molar-refractivity contribution in [1.29, 1.82) is 0 Å². The Labute approximate surface area is 107 Å². The lowest BCUT2D eigenvalue weighted by atomic mass is 9.99. The lowest BCUT2D eigenvalue weighted by Crippen LogP contribution is -2.08. The lowest BCUT2D eigenvalue weighted by molar-refractivity contribution is 0.172. The van der Waals surface area contributed by atoms with Crippen LogP contribution < -0.4 is 0 Å². The van der Waals surface area contributed by atoms with Gasteiger partial charge in [-0.15, -0.1) is 5.10 Å². The summed E-state index contributed by atoms with van der Waals surface area (Å²) in [6, 6.07) is 8.27. The van der Waals surface area contributed by atoms with E-state index in [1.54, 1.807) is 0 Å². The zero-order valence-electron chi connectivity index (χ0n) is 9.34. The van der Waals surface area contributed by atoms with Crippen molar-refractivity contribution in [3.05, 3.63) is 46.0 Å². The number of halogens is 1. The number of aliphatic hydroxyl groups excluding tert-OH is 1. The number of hydrogen-bond donors (Lipinski definition) is 1. The molecule has 0 amide bonds. The minimum atomic E-state index is -0.529. The summed E-state index contributed by atoms with van der Waals surface area (Å²) in [6.45, 7) is 2.08. The molecule has 2 aromatic rings. The largest absolute Gasteiger partial charge is 0.385 e. The van der Waals surface area contributed by atoms with Crippen LogP contribution in [0.2, 0.25) is 0 Å². The standard InChI is InChI=1S/C12H12BrN3O/c1-7-4-2-3-5-8(7)9-6-10(17)11-14-12(13)15-16(9)11/h2-5,9-10,17H,6H2,1H3/t9-,10+/m0/s1. The molecule has 2 heterocycles. The molecule has 0 saturated heterocycles. The Kier molecular flexibility index (Phi) is 2.52. The molecular formula is C12H12BrN3O. The summed E-state index contributed by atoms with van der Waals surface area (Å²) in [6.07, 6.45) is 0.117. The van der Waals surface area contributed by atoms with Crippen LogP contribution in [0.4, 0.5) is 0 Å². The topological polar surface area (TPSA) is 50.9 Å². The van der Waals surface area contributed by atoms with E-state index in [0.717, 1.165) is 0 Å². The fraction of sp³-hybridized carbons (Fsp3) is 0.333. The fourth-order valence-electron chi connectivity index (χ4n) is 2.40. The molecule has 1 aromatic heterocycles. The third-order valence-electron chi connectivity index (χ3n) is 3.22. The first-order valence-electron chi connectivity index (χ1n) is 5.52. The average Bonchev–Trinajstić information content (AvgIpc) is 2.80. The van der Waals surface area contributed by atoms with E-state index in [1.807, 2.05) is 16.8 Å². The van der Waals surface area contributed by atoms with E-state index < -0.39 is 6.10 Å². The molecule has 0 aliphatic carbocycles. The summed E-state index contributed by atoms with van der Waals surface area (Å²) < 4.78 is 2.35. The maximum atomic E-state index is 9.97. The van der Waals surface area contributed by atoms with Gasteiger partial charge in [0.05, 0.1) is 6.04 Å². The maximum absolute atomic E-state index is 9.97. The van der Waals surface area contributed by atoms with Gasteiger partial charge in [-0.3, -0.25) is 0 Å². The third kappa shape index (κ3) is 1.70. The van der Waals surface area contributed by atoms with Gasteiger partial charge in [-0.2, -0.15) is 0 Å². The summed E-state index contributed by atoms with van der Waals surface area (Å²) in [5, 5.41) is 14.3. The Bertz CT molecular complexity index is 567. The number of fused-ring (bicyclic) bond motifs is 1. The van der Waals surface area contributed by atoms with Crippen LogP contribution in [0.5, 0.6) is 0 Å². The number of nitrogens with zero attached hydrogens (tertiary/aromatic N) is 3. The van der Waals surface area contributed by atoms with Gasteiger partial charge in [0.2, 0.25) is 4.73 Å². The SMILES string of the molecule is Cc1ccccc1[C@@H]1C[C@@H](O)c2nc(Br)nn21. The molecule has 0 fully saturated rings. The first-order chi connectivity index (χ1) is 8.16. The normalized spacial score (nSPS) is 22.8. The number of benzene rings is 1. The van der Waals surface area contributed by atoms with Crippen molar-refractivity contribution in [3.8, 4) is 0 Å². The smallest absolute Gasteiger partial charge is 0.217 e. The summed E-state index contributed by atoms with van der Waals surface area (Å²) in [4.78, 5) is 4.20. The van der Waals surface area contributed by atoms with Crippen molar-refractivity contribution in [1.82, 2.24) is 14.8 Å². The molecule has 0 saturated carbocycles. The zero-order valence-corrected chi connectivity index (χ0v) is 10.9. The van der Waals surface area contributed by atoms with Crippen LogP contribution >= 0.6 is 15.9 Å². The summed E-state index contributed by atoms with van der Waals surface area (Å²) >= 11 is 3.25. The average molecular weight is 294 g/mol. The molecule has 0 radical (unpaired) electrons. The number of hydrogen-bond acceptors (Lipinski definition) is 3. The highest BCUT2D eigenvalue weighted by Gasteiger charge is 2.34. The van der Waals surface area contributed by atoms with E-state index in [0.29, 0.717) is 17.0 Å². The number of aromatic nitrogens is 3. The van der Waals surface area contributed by atoms with Crippen molar-refractivity contribution in [2.45, 2.75) is 25.5 Å². The molecule has 0 unspecified atom stereocenters. The molecule has 2 atom stereocenters. The fourth-order valence-corrected chi connectivity index (χ4v) is 2.75. The van der Waals surface area contributed by atoms with Gasteiger partial charge in [-0.1, -0.05) is 24.3 Å². The highest BCUT2D eigenvalue weighted by molar-refractivity contribution is 9.10. The van der Waals surface area contributed by atoms with Gasteiger partial charge < -0.3 is 5.11 Å². The molecule has 1 aromatic carbocycles. The summed E-state index contributed by atoms with van der Waals surface area (Å²) in [5.74, 6) is 0.644.